The van der Waals surface area contributed by atoms with E-state index in [4.69, 9.17) is 0 Å². The van der Waals surface area contributed by atoms with Gasteiger partial charge in [0, 0.05) is 0 Å². The molecule has 0 aliphatic rings. The molecule has 2 heterocycles. The van der Waals surface area contributed by atoms with Gasteiger partial charge < -0.3 is 10.1 Å². The summed E-state index contributed by atoms with van der Waals surface area (Å²) < 4.78 is 3.61. The highest BCUT2D eigenvalue weighted by Gasteiger charge is 2.13. The van der Waals surface area contributed by atoms with Crippen molar-refractivity contribution in [1.29, 1.82) is 0 Å². The second-order valence-corrected chi connectivity index (χ2v) is 2.94. The van der Waals surface area contributed by atoms with E-state index in [9.17, 15) is 10.1 Å². The average Bonchev–Trinajstić information content (AvgIpc) is 2.75. The molecule has 0 unspecified atom stereocenters. The molecule has 0 radical (unpaired) electrons. The molecule has 0 saturated heterocycles. The van der Waals surface area contributed by atoms with E-state index in [1.54, 1.807) is 0 Å². The number of aromatic nitrogens is 4. The Kier molecular flexibility index (Phi) is 1.74. The van der Waals surface area contributed by atoms with E-state index in [1.165, 1.54) is 6.20 Å². The summed E-state index contributed by atoms with van der Waals surface area (Å²) in [7, 11) is 0. The quantitative estimate of drug-likeness (QED) is 0.568. The van der Waals surface area contributed by atoms with Gasteiger partial charge >= 0.3 is 5.82 Å². The van der Waals surface area contributed by atoms with Crippen LogP contribution >= 0.6 is 11.5 Å². The summed E-state index contributed by atoms with van der Waals surface area (Å²) in [6.45, 7) is 0. The maximum atomic E-state index is 10.3. The molecule has 13 heavy (non-hydrogen) atoms. The zero-order valence-electron chi connectivity index (χ0n) is 6.17. The summed E-state index contributed by atoms with van der Waals surface area (Å²) in [5, 5.41) is 13.9. The average molecular weight is 197 g/mol. The van der Waals surface area contributed by atoms with Gasteiger partial charge in [0.25, 0.3) is 0 Å². The van der Waals surface area contributed by atoms with Crippen molar-refractivity contribution in [3.8, 4) is 10.7 Å². The Morgan fingerprint density at radius 1 is 1.54 bits per heavy atom. The summed E-state index contributed by atoms with van der Waals surface area (Å²) in [5.74, 6) is 0.283. The molecular weight excluding hydrogens is 194 g/mol. The van der Waals surface area contributed by atoms with Crippen LogP contribution in [0.5, 0.6) is 0 Å². The number of nitrogens with one attached hydrogen (secondary N) is 1. The zero-order valence-corrected chi connectivity index (χ0v) is 6.98. The van der Waals surface area contributed by atoms with E-state index in [2.05, 4.69) is 19.6 Å². The fourth-order valence-electron chi connectivity index (χ4n) is 0.801. The fourth-order valence-corrected chi connectivity index (χ4v) is 1.27. The Hall–Kier alpha value is -1.83. The number of hydrogen-bond acceptors (Lipinski definition) is 6. The van der Waals surface area contributed by atoms with Crippen LogP contribution in [0.2, 0.25) is 0 Å². The van der Waals surface area contributed by atoms with Crippen LogP contribution in [0.15, 0.2) is 12.4 Å². The van der Waals surface area contributed by atoms with Crippen molar-refractivity contribution in [2.45, 2.75) is 0 Å². The number of aromatic amines is 1. The van der Waals surface area contributed by atoms with Gasteiger partial charge in [-0.3, -0.25) is 0 Å². The number of H-pyrrole nitrogens is 1. The monoisotopic (exact) mass is 197 g/mol. The minimum atomic E-state index is -0.537. The van der Waals surface area contributed by atoms with Crippen LogP contribution in [0, 0.1) is 10.1 Å². The van der Waals surface area contributed by atoms with Crippen molar-refractivity contribution in [2.75, 3.05) is 0 Å². The lowest BCUT2D eigenvalue weighted by Gasteiger charge is -1.85. The zero-order chi connectivity index (χ0) is 9.26. The lowest BCUT2D eigenvalue weighted by Crippen LogP contribution is -1.86. The molecule has 0 amide bonds. The minimum Gasteiger partial charge on any atom is -0.358 e. The van der Waals surface area contributed by atoms with Gasteiger partial charge in [-0.05, 0) is 16.5 Å². The van der Waals surface area contributed by atoms with Crippen molar-refractivity contribution >= 4 is 17.4 Å². The molecule has 0 aromatic carbocycles. The van der Waals surface area contributed by atoms with Crippen molar-refractivity contribution in [1.82, 2.24) is 19.6 Å². The van der Waals surface area contributed by atoms with E-state index in [0.717, 1.165) is 17.7 Å². The van der Waals surface area contributed by atoms with E-state index in [-0.39, 0.29) is 5.82 Å². The van der Waals surface area contributed by atoms with E-state index in [1.807, 2.05) is 0 Å². The predicted molar refractivity (Wildman–Crippen MR) is 44.1 cm³/mol. The molecule has 8 heteroatoms. The lowest BCUT2D eigenvalue weighted by atomic mass is 10.5. The third-order valence-electron chi connectivity index (χ3n) is 1.35. The molecule has 0 aliphatic carbocycles. The molecule has 2 aromatic heterocycles. The molecule has 0 spiro atoms. The maximum absolute atomic E-state index is 10.3. The topological polar surface area (TPSA) is 97.6 Å². The van der Waals surface area contributed by atoms with Gasteiger partial charge in [0.05, 0.1) is 6.20 Å². The Morgan fingerprint density at radius 3 is 2.92 bits per heavy atom. The smallest absolute Gasteiger partial charge is 0.340 e. The highest BCUT2D eigenvalue weighted by molar-refractivity contribution is 7.09. The molecule has 0 bridgehead atoms. The number of rotatable bonds is 2. The molecule has 0 saturated carbocycles. The highest BCUT2D eigenvalue weighted by atomic mass is 32.1. The van der Waals surface area contributed by atoms with Gasteiger partial charge in [-0.25, -0.2) is 9.97 Å². The Labute approximate surface area is 75.8 Å². The Bertz CT molecular complexity index is 422. The third-order valence-corrected chi connectivity index (χ3v) is 2.03. The van der Waals surface area contributed by atoms with Gasteiger partial charge in [0.1, 0.15) is 11.1 Å². The number of imidazole rings is 1. The second kappa shape index (κ2) is 2.90. The molecule has 0 aliphatic heterocycles. The lowest BCUT2D eigenvalue weighted by molar-refractivity contribution is -0.389. The van der Waals surface area contributed by atoms with Crippen molar-refractivity contribution in [3.63, 3.8) is 0 Å². The molecule has 2 rings (SSSR count). The second-order valence-electron chi connectivity index (χ2n) is 2.16. The summed E-state index contributed by atoms with van der Waals surface area (Å²) in [5.41, 5.74) is 0. The molecule has 2 aromatic rings. The van der Waals surface area contributed by atoms with Crippen LogP contribution in [0.3, 0.4) is 0 Å². The van der Waals surface area contributed by atoms with E-state index >= 15 is 0 Å². The molecule has 0 atom stereocenters. The van der Waals surface area contributed by atoms with E-state index < -0.39 is 4.92 Å². The first-order valence-electron chi connectivity index (χ1n) is 3.24. The first kappa shape index (κ1) is 7.80. The van der Waals surface area contributed by atoms with Crippen LogP contribution in [0.25, 0.3) is 10.7 Å². The van der Waals surface area contributed by atoms with Gasteiger partial charge in [-0.15, -0.1) is 5.10 Å². The van der Waals surface area contributed by atoms with Crippen molar-refractivity contribution in [3.05, 3.63) is 22.5 Å². The largest absolute Gasteiger partial charge is 0.358 e. The first-order chi connectivity index (χ1) is 6.27. The Balaban J connectivity index is 2.39. The van der Waals surface area contributed by atoms with Gasteiger partial charge in [-0.2, -0.15) is 0 Å². The minimum absolute atomic E-state index is 0.136. The number of nitro groups is 1. The molecule has 0 fully saturated rings. The van der Waals surface area contributed by atoms with Crippen molar-refractivity contribution in [2.24, 2.45) is 0 Å². The summed E-state index contributed by atoms with van der Waals surface area (Å²) >= 11 is 1.12. The number of hydrogen-bond donors (Lipinski definition) is 1. The summed E-state index contributed by atoms with van der Waals surface area (Å²) in [6, 6.07) is 0. The highest BCUT2D eigenvalue weighted by Crippen LogP contribution is 2.19. The molecule has 7 nitrogen and oxygen atoms in total. The third kappa shape index (κ3) is 1.38. The van der Waals surface area contributed by atoms with Gasteiger partial charge in [-0.1, -0.05) is 4.49 Å². The van der Waals surface area contributed by atoms with E-state index in [0.29, 0.717) is 10.7 Å². The summed E-state index contributed by atoms with van der Waals surface area (Å²) in [4.78, 5) is 16.8. The predicted octanol–water partition coefficient (Wildman–Crippen LogP) is 0.836. The van der Waals surface area contributed by atoms with Crippen LogP contribution in [0.1, 0.15) is 0 Å². The van der Waals surface area contributed by atoms with Gasteiger partial charge in [0.2, 0.25) is 5.82 Å². The normalized spacial score (nSPS) is 10.2. The fraction of sp³-hybridized carbons (Fsp3) is 0. The van der Waals surface area contributed by atoms with Crippen LogP contribution < -0.4 is 0 Å². The van der Waals surface area contributed by atoms with Gasteiger partial charge in [0.15, 0.2) is 0 Å². The first-order valence-corrected chi connectivity index (χ1v) is 4.02. The van der Waals surface area contributed by atoms with Crippen LogP contribution in [0.4, 0.5) is 5.82 Å². The maximum Gasteiger partial charge on any atom is 0.340 e. The van der Waals surface area contributed by atoms with Crippen LogP contribution in [-0.2, 0) is 0 Å². The molecular formula is C5H3N5O2S. The van der Waals surface area contributed by atoms with Crippen molar-refractivity contribution < 1.29 is 4.92 Å². The van der Waals surface area contributed by atoms with Crippen LogP contribution in [-0.4, -0.2) is 24.5 Å². The molecule has 66 valence electrons. The number of nitrogens with zero attached hydrogens (tertiary/aromatic N) is 4. The summed E-state index contributed by atoms with van der Waals surface area (Å²) in [6.07, 6.45) is 2.66. The molecule has 1 N–H and O–H groups in total. The standard InChI is InChI=1S/C5H3N5O2S/c11-10(12)4-2-6-5(8-4)3-1-7-9-13-3/h1-2H,(H,6,8). The SMILES string of the molecule is O=[N+]([O-])c1cnc(-c2cnns2)[nH]1. The Morgan fingerprint density at radius 2 is 2.38 bits per heavy atom.